The summed E-state index contributed by atoms with van der Waals surface area (Å²) < 4.78 is 5.67. The fourth-order valence-corrected chi connectivity index (χ4v) is 3.40. The van der Waals surface area contributed by atoms with E-state index in [1.54, 1.807) is 6.92 Å². The molecule has 0 aromatic heterocycles. The summed E-state index contributed by atoms with van der Waals surface area (Å²) >= 11 is 0. The first-order valence-electron chi connectivity index (χ1n) is 8.72. The number of anilines is 1. The minimum absolute atomic E-state index is 0.0119. The molecule has 1 aromatic carbocycles. The third-order valence-electron chi connectivity index (χ3n) is 4.81. The molecule has 1 aliphatic heterocycles. The van der Waals surface area contributed by atoms with Gasteiger partial charge in [0, 0.05) is 25.5 Å². The fourth-order valence-electron chi connectivity index (χ4n) is 3.40. The van der Waals surface area contributed by atoms with Gasteiger partial charge in [-0.15, -0.1) is 0 Å². The van der Waals surface area contributed by atoms with Crippen molar-refractivity contribution in [1.29, 1.82) is 0 Å². The number of ether oxygens (including phenoxy) is 1. The number of benzene rings is 1. The van der Waals surface area contributed by atoms with Crippen LogP contribution in [0.4, 0.5) is 10.5 Å². The zero-order chi connectivity index (χ0) is 18.0. The van der Waals surface area contributed by atoms with Crippen molar-refractivity contribution in [2.75, 3.05) is 19.0 Å². The second kappa shape index (κ2) is 7.17. The number of rotatable bonds is 4. The van der Waals surface area contributed by atoms with Crippen LogP contribution in [0.1, 0.15) is 44.2 Å². The first kappa shape index (κ1) is 17.3. The van der Waals surface area contributed by atoms with Crippen molar-refractivity contribution in [3.63, 3.8) is 0 Å². The highest BCUT2D eigenvalue weighted by Crippen LogP contribution is 2.30. The molecule has 1 heterocycles. The van der Waals surface area contributed by atoms with Gasteiger partial charge < -0.3 is 20.3 Å². The van der Waals surface area contributed by atoms with Crippen LogP contribution in [0.5, 0.6) is 0 Å². The molecule has 1 aromatic rings. The lowest BCUT2D eigenvalue weighted by atomic mass is 9.95. The molecule has 1 fully saturated rings. The number of carbonyl (C=O) groups is 2. The van der Waals surface area contributed by atoms with Crippen molar-refractivity contribution in [2.24, 2.45) is 0 Å². The third-order valence-corrected chi connectivity index (χ3v) is 4.81. The van der Waals surface area contributed by atoms with E-state index in [2.05, 4.69) is 10.6 Å². The van der Waals surface area contributed by atoms with Gasteiger partial charge in [0.25, 0.3) is 0 Å². The molecule has 0 radical (unpaired) electrons. The SMILES string of the molecule is CC1=C(C(=O)OC2CCCC2)C(c2ccc(N(C)C)cc2)NC(=O)N1. The van der Waals surface area contributed by atoms with Gasteiger partial charge in [0.2, 0.25) is 0 Å². The van der Waals surface area contributed by atoms with Crippen molar-refractivity contribution in [3.8, 4) is 0 Å². The first-order chi connectivity index (χ1) is 12.0. The van der Waals surface area contributed by atoms with E-state index in [1.807, 2.05) is 43.3 Å². The maximum atomic E-state index is 12.8. The molecule has 1 atom stereocenters. The van der Waals surface area contributed by atoms with E-state index < -0.39 is 6.04 Å². The van der Waals surface area contributed by atoms with Gasteiger partial charge in [-0.25, -0.2) is 9.59 Å². The second-order valence-corrected chi connectivity index (χ2v) is 6.87. The molecular weight excluding hydrogens is 318 g/mol. The number of amides is 2. The molecule has 1 aliphatic carbocycles. The van der Waals surface area contributed by atoms with Crippen LogP contribution in [0.15, 0.2) is 35.5 Å². The van der Waals surface area contributed by atoms with Crippen LogP contribution < -0.4 is 15.5 Å². The molecule has 6 heteroatoms. The van der Waals surface area contributed by atoms with E-state index in [1.165, 1.54) is 0 Å². The van der Waals surface area contributed by atoms with Crippen LogP contribution >= 0.6 is 0 Å². The maximum absolute atomic E-state index is 12.8. The molecule has 2 N–H and O–H groups in total. The molecular formula is C19H25N3O3. The highest BCUT2D eigenvalue weighted by molar-refractivity contribution is 5.95. The van der Waals surface area contributed by atoms with Crippen LogP contribution in [0.3, 0.4) is 0 Å². The van der Waals surface area contributed by atoms with E-state index >= 15 is 0 Å². The molecule has 2 amide bonds. The number of allylic oxidation sites excluding steroid dienone is 1. The maximum Gasteiger partial charge on any atom is 0.338 e. The van der Waals surface area contributed by atoms with Crippen molar-refractivity contribution in [1.82, 2.24) is 10.6 Å². The van der Waals surface area contributed by atoms with E-state index in [9.17, 15) is 9.59 Å². The number of carbonyl (C=O) groups excluding carboxylic acids is 2. The molecule has 2 aliphatic rings. The molecule has 0 saturated heterocycles. The molecule has 1 unspecified atom stereocenters. The molecule has 3 rings (SSSR count). The van der Waals surface area contributed by atoms with Crippen molar-refractivity contribution >= 4 is 17.7 Å². The Morgan fingerprint density at radius 1 is 1.16 bits per heavy atom. The average molecular weight is 343 g/mol. The van der Waals surface area contributed by atoms with Gasteiger partial charge in [0.05, 0.1) is 11.6 Å². The zero-order valence-electron chi connectivity index (χ0n) is 15.0. The monoisotopic (exact) mass is 343 g/mol. The van der Waals surface area contributed by atoms with E-state index in [4.69, 9.17) is 4.74 Å². The number of nitrogens with zero attached hydrogens (tertiary/aromatic N) is 1. The van der Waals surface area contributed by atoms with Crippen LogP contribution in [0, 0.1) is 0 Å². The number of hydrogen-bond donors (Lipinski definition) is 2. The standard InChI is InChI=1S/C19H25N3O3/c1-12-16(18(23)25-15-6-4-5-7-15)17(21-19(24)20-12)13-8-10-14(11-9-13)22(2)3/h8-11,15,17H,4-7H2,1-3H3,(H2,20,21,24). The van der Waals surface area contributed by atoms with Crippen LogP contribution in [0.2, 0.25) is 0 Å². The Morgan fingerprint density at radius 2 is 1.80 bits per heavy atom. The Morgan fingerprint density at radius 3 is 2.40 bits per heavy atom. The van der Waals surface area contributed by atoms with Crippen molar-refractivity contribution in [2.45, 2.75) is 44.8 Å². The number of esters is 1. The lowest BCUT2D eigenvalue weighted by Gasteiger charge is -2.29. The summed E-state index contributed by atoms with van der Waals surface area (Å²) in [5.41, 5.74) is 2.94. The second-order valence-electron chi connectivity index (χ2n) is 6.87. The van der Waals surface area contributed by atoms with Crippen molar-refractivity contribution < 1.29 is 14.3 Å². The minimum Gasteiger partial charge on any atom is -0.459 e. The Bertz CT molecular complexity index is 688. The molecule has 1 saturated carbocycles. The van der Waals surface area contributed by atoms with Gasteiger partial charge in [0.1, 0.15) is 6.10 Å². The minimum atomic E-state index is -0.501. The van der Waals surface area contributed by atoms with Crippen LogP contribution in [0.25, 0.3) is 0 Å². The smallest absolute Gasteiger partial charge is 0.338 e. The molecule has 6 nitrogen and oxygen atoms in total. The summed E-state index contributed by atoms with van der Waals surface area (Å²) in [7, 11) is 3.94. The average Bonchev–Trinajstić information content (AvgIpc) is 3.07. The van der Waals surface area contributed by atoms with Gasteiger partial charge in [-0.2, -0.15) is 0 Å². The number of hydrogen-bond acceptors (Lipinski definition) is 4. The fraction of sp³-hybridized carbons (Fsp3) is 0.474. The highest BCUT2D eigenvalue weighted by Gasteiger charge is 2.33. The summed E-state index contributed by atoms with van der Waals surface area (Å²) in [6.07, 6.45) is 4.02. The summed E-state index contributed by atoms with van der Waals surface area (Å²) in [6, 6.07) is 7.00. The Labute approximate surface area is 148 Å². The Kier molecular flexibility index (Phi) is 4.97. The largest absolute Gasteiger partial charge is 0.459 e. The summed E-state index contributed by atoms with van der Waals surface area (Å²) in [6.45, 7) is 1.74. The molecule has 0 spiro atoms. The van der Waals surface area contributed by atoms with Crippen LogP contribution in [-0.2, 0) is 9.53 Å². The van der Waals surface area contributed by atoms with E-state index in [0.29, 0.717) is 11.3 Å². The van der Waals surface area contributed by atoms with Crippen molar-refractivity contribution in [3.05, 3.63) is 41.1 Å². The molecule has 134 valence electrons. The van der Waals surface area contributed by atoms with Gasteiger partial charge in [-0.05, 0) is 50.3 Å². The summed E-state index contributed by atoms with van der Waals surface area (Å²) in [5, 5.41) is 5.53. The normalized spacial score (nSPS) is 20.9. The lowest BCUT2D eigenvalue weighted by Crippen LogP contribution is -2.45. The number of urea groups is 1. The Hall–Kier alpha value is -2.50. The van der Waals surface area contributed by atoms with Gasteiger partial charge in [-0.1, -0.05) is 12.1 Å². The molecule has 25 heavy (non-hydrogen) atoms. The van der Waals surface area contributed by atoms with Crippen LogP contribution in [-0.4, -0.2) is 32.2 Å². The summed E-state index contributed by atoms with van der Waals surface area (Å²) in [4.78, 5) is 26.7. The van der Waals surface area contributed by atoms with Gasteiger partial charge in [-0.3, -0.25) is 0 Å². The topological polar surface area (TPSA) is 70.7 Å². The predicted molar refractivity (Wildman–Crippen MR) is 96.2 cm³/mol. The van der Waals surface area contributed by atoms with E-state index in [0.717, 1.165) is 36.9 Å². The van der Waals surface area contributed by atoms with E-state index in [-0.39, 0.29) is 18.1 Å². The quantitative estimate of drug-likeness (QED) is 0.825. The first-order valence-corrected chi connectivity index (χ1v) is 8.72. The Balaban J connectivity index is 1.87. The lowest BCUT2D eigenvalue weighted by molar-refractivity contribution is -0.144. The predicted octanol–water partition coefficient (Wildman–Crippen LogP) is 2.87. The number of nitrogens with one attached hydrogen (secondary N) is 2. The zero-order valence-corrected chi connectivity index (χ0v) is 15.0. The van der Waals surface area contributed by atoms with Gasteiger partial charge in [0.15, 0.2) is 0 Å². The molecule has 0 bridgehead atoms. The van der Waals surface area contributed by atoms with Gasteiger partial charge >= 0.3 is 12.0 Å². The third kappa shape index (κ3) is 3.78. The highest BCUT2D eigenvalue weighted by atomic mass is 16.5. The summed E-state index contributed by atoms with van der Waals surface area (Å²) in [5.74, 6) is -0.349.